The summed E-state index contributed by atoms with van der Waals surface area (Å²) in [6, 6.07) is 3.30. The lowest BCUT2D eigenvalue weighted by Crippen LogP contribution is -2.33. The van der Waals surface area contributed by atoms with Crippen LogP contribution in [0.2, 0.25) is 0 Å². The lowest BCUT2D eigenvalue weighted by atomic mass is 10.2. The summed E-state index contributed by atoms with van der Waals surface area (Å²) in [6.45, 7) is 12.2. The first-order valence-corrected chi connectivity index (χ1v) is 13.5. The van der Waals surface area contributed by atoms with Gasteiger partial charge in [0.25, 0.3) is 0 Å². The molecule has 7 nitrogen and oxygen atoms in total. The molecule has 0 aliphatic carbocycles. The minimum absolute atomic E-state index is 0.0657. The first-order chi connectivity index (χ1) is 14.3. The van der Waals surface area contributed by atoms with Crippen LogP contribution in [0.15, 0.2) is 10.7 Å². The monoisotopic (exact) mass is 437 g/mol. The molecule has 0 bridgehead atoms. The summed E-state index contributed by atoms with van der Waals surface area (Å²) in [5.41, 5.74) is 0. The lowest BCUT2D eigenvalue weighted by molar-refractivity contribution is 0.238. The molecule has 3 saturated heterocycles. The number of nitrogens with zero attached hydrogens (tertiary/aromatic N) is 5. The number of nitriles is 1. The largest absolute Gasteiger partial charge is 0.355 e. The van der Waals surface area contributed by atoms with Crippen LogP contribution in [0.5, 0.6) is 0 Å². The van der Waals surface area contributed by atoms with E-state index in [1.807, 2.05) is 6.07 Å². The Morgan fingerprint density at radius 2 is 1.37 bits per heavy atom. The van der Waals surface area contributed by atoms with Crippen molar-refractivity contribution in [1.82, 2.24) is 19.6 Å². The van der Waals surface area contributed by atoms with E-state index in [1.165, 1.54) is 25.7 Å². The Morgan fingerprint density at radius 1 is 0.900 bits per heavy atom. The van der Waals surface area contributed by atoms with Gasteiger partial charge in [0.15, 0.2) is 14.7 Å². The number of allylic oxidation sites excluding steroid dienone is 1. The van der Waals surface area contributed by atoms with Gasteiger partial charge in [-0.15, -0.1) is 0 Å². The van der Waals surface area contributed by atoms with Crippen molar-refractivity contribution >= 4 is 9.84 Å². The fraction of sp³-hybridized carbons (Fsp3) is 0.864. The van der Waals surface area contributed by atoms with Crippen molar-refractivity contribution in [2.75, 3.05) is 58.6 Å². The highest BCUT2D eigenvalue weighted by molar-refractivity contribution is 7.94. The summed E-state index contributed by atoms with van der Waals surface area (Å²) in [6.07, 6.45) is 8.23. The second kappa shape index (κ2) is 10.3. The average molecular weight is 438 g/mol. The number of hydrogen-bond donors (Lipinski definition) is 0. The zero-order valence-corrected chi connectivity index (χ0v) is 19.8. The van der Waals surface area contributed by atoms with Crippen molar-refractivity contribution in [3.63, 3.8) is 0 Å². The first kappa shape index (κ1) is 23.4. The molecule has 3 fully saturated rings. The highest BCUT2D eigenvalue weighted by Gasteiger charge is 2.32. The molecule has 0 N–H and O–H groups in total. The maximum absolute atomic E-state index is 12.3. The van der Waals surface area contributed by atoms with E-state index < -0.39 is 9.84 Å². The van der Waals surface area contributed by atoms with Crippen LogP contribution in [0.3, 0.4) is 0 Å². The number of sulfone groups is 1. The molecule has 0 unspecified atom stereocenters. The van der Waals surface area contributed by atoms with Gasteiger partial charge >= 0.3 is 0 Å². The molecule has 30 heavy (non-hydrogen) atoms. The zero-order valence-electron chi connectivity index (χ0n) is 19.0. The molecule has 0 amide bonds. The van der Waals surface area contributed by atoms with Crippen LogP contribution in [0.1, 0.15) is 52.4 Å². The van der Waals surface area contributed by atoms with Crippen molar-refractivity contribution in [3.05, 3.63) is 10.7 Å². The van der Waals surface area contributed by atoms with Crippen molar-refractivity contribution in [2.45, 2.75) is 64.5 Å². The smallest absolute Gasteiger partial charge is 0.189 e. The Balaban J connectivity index is 1.63. The molecule has 0 spiro atoms. The molecule has 0 saturated carbocycles. The van der Waals surface area contributed by atoms with E-state index in [9.17, 15) is 13.7 Å². The predicted octanol–water partition coefficient (Wildman–Crippen LogP) is 2.09. The van der Waals surface area contributed by atoms with Crippen LogP contribution in [-0.2, 0) is 9.84 Å². The van der Waals surface area contributed by atoms with Crippen LogP contribution in [0, 0.1) is 11.3 Å². The Morgan fingerprint density at radius 3 is 1.70 bits per heavy atom. The SMILES string of the molecule is C[C@H]1CCCN1CCCN1CCN(CCCN2CCC[C@@H]2C)C1=C(C#N)S(C)(=O)=O. The standard InChI is InChI=1S/C22H39N5O2S/c1-19-8-4-10-24(19)12-6-14-26-16-17-27(22(26)21(18-23)30(3,28)29)15-7-13-25-11-5-9-20(25)2/h19-20H,4-17H2,1-3H3/t19-,20-/m0/s1. The maximum Gasteiger partial charge on any atom is 0.189 e. The fourth-order valence-electron chi connectivity index (χ4n) is 5.25. The second-order valence-electron chi connectivity index (χ2n) is 9.27. The summed E-state index contributed by atoms with van der Waals surface area (Å²) in [4.78, 5) is 9.26. The molecular formula is C22H39N5O2S. The Bertz CT molecular complexity index is 724. The normalized spacial score (nSPS) is 26.0. The summed E-state index contributed by atoms with van der Waals surface area (Å²) in [5.74, 6) is 0.643. The molecule has 3 aliphatic rings. The Hall–Kier alpha value is -1.30. The summed E-state index contributed by atoms with van der Waals surface area (Å²) in [7, 11) is -3.55. The predicted molar refractivity (Wildman–Crippen MR) is 120 cm³/mol. The third kappa shape index (κ3) is 5.68. The lowest BCUT2D eigenvalue weighted by Gasteiger charge is -2.28. The zero-order chi connectivity index (χ0) is 21.7. The third-order valence-electron chi connectivity index (χ3n) is 7.04. The van der Waals surface area contributed by atoms with Crippen LogP contribution in [0.25, 0.3) is 0 Å². The Labute approximate surface area is 183 Å². The van der Waals surface area contributed by atoms with Gasteiger partial charge in [-0.1, -0.05) is 0 Å². The number of rotatable bonds is 9. The highest BCUT2D eigenvalue weighted by Crippen LogP contribution is 2.26. The molecule has 0 radical (unpaired) electrons. The van der Waals surface area contributed by atoms with Gasteiger partial charge in [-0.05, 0) is 65.5 Å². The van der Waals surface area contributed by atoms with Gasteiger partial charge in [-0.3, -0.25) is 0 Å². The van der Waals surface area contributed by atoms with Crippen molar-refractivity contribution in [1.29, 1.82) is 5.26 Å². The third-order valence-corrected chi connectivity index (χ3v) is 8.06. The molecule has 2 atom stereocenters. The number of likely N-dealkylation sites (tertiary alicyclic amines) is 2. The fourth-order valence-corrected chi connectivity index (χ4v) is 6.01. The van der Waals surface area contributed by atoms with Crippen molar-refractivity contribution in [2.24, 2.45) is 0 Å². The van der Waals surface area contributed by atoms with E-state index in [0.717, 1.165) is 71.5 Å². The molecular weight excluding hydrogens is 398 g/mol. The molecule has 0 aromatic rings. The van der Waals surface area contributed by atoms with Gasteiger partial charge in [-0.25, -0.2) is 8.42 Å². The van der Waals surface area contributed by atoms with Crippen LogP contribution < -0.4 is 0 Å². The van der Waals surface area contributed by atoms with E-state index >= 15 is 0 Å². The quantitative estimate of drug-likeness (QED) is 0.512. The molecule has 0 aromatic carbocycles. The van der Waals surface area contributed by atoms with Gasteiger partial charge in [-0.2, -0.15) is 5.26 Å². The van der Waals surface area contributed by atoms with E-state index in [2.05, 4.69) is 33.4 Å². The number of hydrogen-bond acceptors (Lipinski definition) is 7. The van der Waals surface area contributed by atoms with E-state index in [1.54, 1.807) is 0 Å². The van der Waals surface area contributed by atoms with Gasteiger partial charge < -0.3 is 19.6 Å². The summed E-state index contributed by atoms with van der Waals surface area (Å²) < 4.78 is 24.7. The molecule has 3 rings (SSSR count). The van der Waals surface area contributed by atoms with Crippen molar-refractivity contribution < 1.29 is 8.42 Å². The highest BCUT2D eigenvalue weighted by atomic mass is 32.2. The molecule has 8 heteroatoms. The maximum atomic E-state index is 12.3. The van der Waals surface area contributed by atoms with Gasteiger partial charge in [0.1, 0.15) is 11.9 Å². The second-order valence-corrected chi connectivity index (χ2v) is 11.2. The molecule has 3 aliphatic heterocycles. The van der Waals surface area contributed by atoms with E-state index in [4.69, 9.17) is 0 Å². The Kier molecular flexibility index (Phi) is 8.05. The van der Waals surface area contributed by atoms with Gasteiger partial charge in [0.05, 0.1) is 0 Å². The van der Waals surface area contributed by atoms with Crippen LogP contribution >= 0.6 is 0 Å². The summed E-state index contributed by atoms with van der Waals surface area (Å²) in [5, 5.41) is 9.67. The molecule has 170 valence electrons. The minimum atomic E-state index is -3.55. The van der Waals surface area contributed by atoms with Crippen molar-refractivity contribution in [3.8, 4) is 6.07 Å². The average Bonchev–Trinajstić information content (AvgIpc) is 3.38. The van der Waals surface area contributed by atoms with Gasteiger partial charge in [0, 0.05) is 57.6 Å². The topological polar surface area (TPSA) is 70.9 Å². The van der Waals surface area contributed by atoms with Crippen LogP contribution in [-0.4, -0.2) is 98.7 Å². The summed E-state index contributed by atoms with van der Waals surface area (Å²) >= 11 is 0. The first-order valence-electron chi connectivity index (χ1n) is 11.6. The van der Waals surface area contributed by atoms with Gasteiger partial charge in [0.2, 0.25) is 0 Å². The van der Waals surface area contributed by atoms with E-state index in [-0.39, 0.29) is 4.91 Å². The minimum Gasteiger partial charge on any atom is -0.355 e. The molecule has 3 heterocycles. The van der Waals surface area contributed by atoms with Crippen LogP contribution in [0.4, 0.5) is 0 Å². The molecule has 0 aromatic heterocycles. The van der Waals surface area contributed by atoms with E-state index in [0.29, 0.717) is 17.9 Å².